The molecule has 128 valence electrons. The average Bonchev–Trinajstić information content (AvgIpc) is 2.46. The highest BCUT2D eigenvalue weighted by molar-refractivity contribution is 6.35. The second kappa shape index (κ2) is 8.99. The lowest BCUT2D eigenvalue weighted by atomic mass is 10.3. The zero-order valence-corrected chi connectivity index (χ0v) is 15.2. The van der Waals surface area contributed by atoms with Gasteiger partial charge in [0, 0.05) is 17.6 Å². The third-order valence-corrected chi connectivity index (χ3v) is 3.55. The molecule has 23 heavy (non-hydrogen) atoms. The first-order valence-corrected chi connectivity index (χ1v) is 8.20. The molecule has 0 aliphatic carbocycles. The summed E-state index contributed by atoms with van der Waals surface area (Å²) in [5.74, 6) is -0.107. The molecule has 1 rings (SSSR count). The Hall–Kier alpha value is -1.46. The summed E-state index contributed by atoms with van der Waals surface area (Å²) < 4.78 is 5.59. The number of nitrogens with zero attached hydrogens (tertiary/aromatic N) is 1. The highest BCUT2D eigenvalue weighted by atomic mass is 35.5. The zero-order valence-electron chi connectivity index (χ0n) is 13.7. The van der Waals surface area contributed by atoms with E-state index >= 15 is 0 Å². The molecule has 0 bridgehead atoms. The summed E-state index contributed by atoms with van der Waals surface area (Å²) in [6.45, 7) is 7.56. The molecule has 0 aliphatic rings. The van der Waals surface area contributed by atoms with Crippen LogP contribution in [-0.2, 0) is 9.59 Å². The standard InChI is InChI=1S/C16H22Cl2N2O3/c1-5-20(9-15(21)19-10(2)3)16(22)11(4)23-14-7-6-12(17)8-13(14)18/h6-8,10-11H,5,9H2,1-4H3,(H,19,21). The van der Waals surface area contributed by atoms with Crippen LogP contribution in [0.5, 0.6) is 5.75 Å². The van der Waals surface area contributed by atoms with E-state index in [-0.39, 0.29) is 24.4 Å². The number of carbonyl (C=O) groups is 2. The summed E-state index contributed by atoms with van der Waals surface area (Å²) in [6.07, 6.45) is -0.763. The molecule has 0 heterocycles. The number of nitrogens with one attached hydrogen (secondary N) is 1. The van der Waals surface area contributed by atoms with Gasteiger partial charge in [0.15, 0.2) is 6.10 Å². The fourth-order valence-corrected chi connectivity index (χ4v) is 2.41. The summed E-state index contributed by atoms with van der Waals surface area (Å²) in [5, 5.41) is 3.58. The molecule has 0 fully saturated rings. The zero-order chi connectivity index (χ0) is 17.6. The number of benzene rings is 1. The Morgan fingerprint density at radius 3 is 2.43 bits per heavy atom. The molecule has 0 spiro atoms. The van der Waals surface area contributed by atoms with E-state index < -0.39 is 6.10 Å². The van der Waals surface area contributed by atoms with Crippen LogP contribution < -0.4 is 10.1 Å². The van der Waals surface area contributed by atoms with E-state index in [0.717, 1.165) is 0 Å². The first kappa shape index (κ1) is 19.6. The van der Waals surface area contributed by atoms with Gasteiger partial charge in [-0.2, -0.15) is 0 Å². The molecule has 0 radical (unpaired) electrons. The van der Waals surface area contributed by atoms with Crippen molar-refractivity contribution in [3.05, 3.63) is 28.2 Å². The van der Waals surface area contributed by atoms with E-state index in [4.69, 9.17) is 27.9 Å². The van der Waals surface area contributed by atoms with Gasteiger partial charge < -0.3 is 15.0 Å². The minimum atomic E-state index is -0.763. The maximum Gasteiger partial charge on any atom is 0.263 e. The van der Waals surface area contributed by atoms with Crippen molar-refractivity contribution in [1.82, 2.24) is 10.2 Å². The molecular formula is C16H22Cl2N2O3. The number of hydrogen-bond donors (Lipinski definition) is 1. The third-order valence-electron chi connectivity index (χ3n) is 3.02. The highest BCUT2D eigenvalue weighted by Crippen LogP contribution is 2.28. The quantitative estimate of drug-likeness (QED) is 0.812. The molecule has 1 atom stereocenters. The maximum absolute atomic E-state index is 12.4. The Bertz CT molecular complexity index is 564. The van der Waals surface area contributed by atoms with Gasteiger partial charge in [-0.1, -0.05) is 23.2 Å². The summed E-state index contributed by atoms with van der Waals surface area (Å²) >= 11 is 11.9. The van der Waals surface area contributed by atoms with E-state index in [0.29, 0.717) is 22.3 Å². The summed E-state index contributed by atoms with van der Waals surface area (Å²) in [6, 6.07) is 4.81. The van der Waals surface area contributed by atoms with Crippen LogP contribution in [0.25, 0.3) is 0 Å². The predicted octanol–water partition coefficient (Wildman–Crippen LogP) is 3.13. The van der Waals surface area contributed by atoms with Crippen molar-refractivity contribution in [2.75, 3.05) is 13.1 Å². The number of rotatable bonds is 7. The van der Waals surface area contributed by atoms with Crippen molar-refractivity contribution >= 4 is 35.0 Å². The fourth-order valence-electron chi connectivity index (χ4n) is 1.96. The Kier molecular flexibility index (Phi) is 7.65. The molecule has 7 heteroatoms. The molecule has 0 aliphatic heterocycles. The second-order valence-electron chi connectivity index (χ2n) is 5.41. The second-order valence-corrected chi connectivity index (χ2v) is 6.25. The SMILES string of the molecule is CCN(CC(=O)NC(C)C)C(=O)C(C)Oc1ccc(Cl)cc1Cl. The van der Waals surface area contributed by atoms with Crippen LogP contribution in [-0.4, -0.2) is 41.9 Å². The van der Waals surface area contributed by atoms with Crippen LogP contribution in [0.3, 0.4) is 0 Å². The molecule has 1 N–H and O–H groups in total. The lowest BCUT2D eigenvalue weighted by Crippen LogP contribution is -2.46. The fraction of sp³-hybridized carbons (Fsp3) is 0.500. The Balaban J connectivity index is 2.71. The first-order chi connectivity index (χ1) is 10.7. The van der Waals surface area contributed by atoms with Gasteiger partial charge in [0.2, 0.25) is 5.91 Å². The van der Waals surface area contributed by atoms with Gasteiger partial charge in [-0.05, 0) is 45.9 Å². The van der Waals surface area contributed by atoms with Crippen molar-refractivity contribution in [1.29, 1.82) is 0 Å². The first-order valence-electron chi connectivity index (χ1n) is 7.44. The third kappa shape index (κ3) is 6.28. The summed E-state index contributed by atoms with van der Waals surface area (Å²) in [4.78, 5) is 25.7. The number of ether oxygens (including phenoxy) is 1. The lowest BCUT2D eigenvalue weighted by molar-refractivity contribution is -0.141. The van der Waals surface area contributed by atoms with Gasteiger partial charge in [-0.15, -0.1) is 0 Å². The monoisotopic (exact) mass is 360 g/mol. The van der Waals surface area contributed by atoms with Crippen molar-refractivity contribution in [3.8, 4) is 5.75 Å². The summed E-state index contributed by atoms with van der Waals surface area (Å²) in [5.41, 5.74) is 0. The van der Waals surface area contributed by atoms with Crippen LogP contribution in [0.2, 0.25) is 10.0 Å². The molecule has 0 aromatic heterocycles. The van der Waals surface area contributed by atoms with E-state index in [1.165, 1.54) is 4.90 Å². The van der Waals surface area contributed by atoms with Crippen molar-refractivity contribution < 1.29 is 14.3 Å². The van der Waals surface area contributed by atoms with Gasteiger partial charge in [0.1, 0.15) is 5.75 Å². The number of halogens is 2. The number of carbonyl (C=O) groups excluding carboxylic acids is 2. The number of amides is 2. The van der Waals surface area contributed by atoms with Crippen LogP contribution in [0.4, 0.5) is 0 Å². The normalized spacial score (nSPS) is 12.0. The van der Waals surface area contributed by atoms with Gasteiger partial charge in [0.05, 0.1) is 11.6 Å². The number of likely N-dealkylation sites (N-methyl/N-ethyl adjacent to an activating group) is 1. The van der Waals surface area contributed by atoms with Crippen molar-refractivity contribution in [2.24, 2.45) is 0 Å². The molecule has 1 unspecified atom stereocenters. The van der Waals surface area contributed by atoms with E-state index in [2.05, 4.69) is 5.32 Å². The Morgan fingerprint density at radius 2 is 1.91 bits per heavy atom. The lowest BCUT2D eigenvalue weighted by Gasteiger charge is -2.25. The summed E-state index contributed by atoms with van der Waals surface area (Å²) in [7, 11) is 0. The minimum Gasteiger partial charge on any atom is -0.479 e. The molecule has 2 amide bonds. The van der Waals surface area contributed by atoms with Gasteiger partial charge in [-0.3, -0.25) is 9.59 Å². The number of hydrogen-bond acceptors (Lipinski definition) is 3. The minimum absolute atomic E-state index is 0.00440. The van der Waals surface area contributed by atoms with E-state index in [1.807, 2.05) is 20.8 Å². The van der Waals surface area contributed by atoms with Crippen LogP contribution in [0.15, 0.2) is 18.2 Å². The van der Waals surface area contributed by atoms with Crippen molar-refractivity contribution in [2.45, 2.75) is 39.8 Å². The van der Waals surface area contributed by atoms with Gasteiger partial charge >= 0.3 is 0 Å². The largest absolute Gasteiger partial charge is 0.479 e. The van der Waals surface area contributed by atoms with Gasteiger partial charge in [0.25, 0.3) is 5.91 Å². The molecule has 5 nitrogen and oxygen atoms in total. The van der Waals surface area contributed by atoms with Crippen LogP contribution >= 0.6 is 23.2 Å². The van der Waals surface area contributed by atoms with Gasteiger partial charge in [-0.25, -0.2) is 0 Å². The molecular weight excluding hydrogens is 339 g/mol. The highest BCUT2D eigenvalue weighted by Gasteiger charge is 2.23. The van der Waals surface area contributed by atoms with E-state index in [9.17, 15) is 9.59 Å². The molecule has 0 saturated heterocycles. The van der Waals surface area contributed by atoms with Crippen LogP contribution in [0.1, 0.15) is 27.7 Å². The van der Waals surface area contributed by atoms with Crippen LogP contribution in [0, 0.1) is 0 Å². The van der Waals surface area contributed by atoms with Crippen molar-refractivity contribution in [3.63, 3.8) is 0 Å². The Labute approximate surface area is 146 Å². The maximum atomic E-state index is 12.4. The Morgan fingerprint density at radius 1 is 1.26 bits per heavy atom. The molecule has 1 aromatic rings. The van der Waals surface area contributed by atoms with E-state index in [1.54, 1.807) is 25.1 Å². The molecule has 0 saturated carbocycles. The molecule has 1 aromatic carbocycles. The average molecular weight is 361 g/mol. The smallest absolute Gasteiger partial charge is 0.263 e. The topological polar surface area (TPSA) is 58.6 Å². The predicted molar refractivity (Wildman–Crippen MR) is 92.1 cm³/mol.